The normalized spacial score (nSPS) is 15.4. The van der Waals surface area contributed by atoms with E-state index >= 15 is 0 Å². The zero-order valence-electron chi connectivity index (χ0n) is 20.6. The number of hydrogen-bond donors (Lipinski definition) is 1. The summed E-state index contributed by atoms with van der Waals surface area (Å²) in [6, 6.07) is 9.79. The molecule has 180 valence electrons. The minimum absolute atomic E-state index is 0.0462. The molecule has 1 unspecified atom stereocenters. The van der Waals surface area contributed by atoms with Crippen molar-refractivity contribution in [3.05, 3.63) is 58.1 Å². The molecule has 1 aliphatic rings. The third-order valence-electron chi connectivity index (χ3n) is 6.23. The molecule has 1 N–H and O–H groups in total. The van der Waals surface area contributed by atoms with Gasteiger partial charge in [0.05, 0.1) is 19.4 Å². The number of hydrogen-bond acceptors (Lipinski definition) is 7. The van der Waals surface area contributed by atoms with Gasteiger partial charge in [-0.3, -0.25) is 9.36 Å². The lowest BCUT2D eigenvalue weighted by Gasteiger charge is -2.21. The van der Waals surface area contributed by atoms with Gasteiger partial charge in [0.25, 0.3) is 5.56 Å². The minimum Gasteiger partial charge on any atom is -0.497 e. The van der Waals surface area contributed by atoms with Gasteiger partial charge in [-0.2, -0.15) is 0 Å². The van der Waals surface area contributed by atoms with E-state index in [-0.39, 0.29) is 11.6 Å². The predicted molar refractivity (Wildman–Crippen MR) is 135 cm³/mol. The van der Waals surface area contributed by atoms with Crippen molar-refractivity contribution >= 4 is 11.5 Å². The van der Waals surface area contributed by atoms with E-state index < -0.39 is 0 Å². The predicted octanol–water partition coefficient (Wildman–Crippen LogP) is 4.04. The Balaban J connectivity index is 1.58. The van der Waals surface area contributed by atoms with Crippen molar-refractivity contribution < 1.29 is 9.47 Å². The van der Waals surface area contributed by atoms with Crippen LogP contribution in [-0.2, 0) is 6.54 Å². The van der Waals surface area contributed by atoms with Crippen molar-refractivity contribution in [1.29, 1.82) is 0 Å². The van der Waals surface area contributed by atoms with Crippen LogP contribution in [0.3, 0.4) is 0 Å². The van der Waals surface area contributed by atoms with E-state index in [1.807, 2.05) is 58.0 Å². The molecule has 4 rings (SSSR count). The lowest BCUT2D eigenvalue weighted by molar-refractivity contribution is 0.340. The van der Waals surface area contributed by atoms with Gasteiger partial charge in [0, 0.05) is 43.5 Å². The Morgan fingerprint density at radius 1 is 1.15 bits per heavy atom. The second-order valence-corrected chi connectivity index (χ2v) is 8.48. The van der Waals surface area contributed by atoms with Crippen molar-refractivity contribution in [3.63, 3.8) is 0 Å². The molecule has 8 heteroatoms. The van der Waals surface area contributed by atoms with Crippen LogP contribution in [0.4, 0.5) is 11.5 Å². The average Bonchev–Trinajstić information content (AvgIpc) is 3.30. The maximum Gasteiger partial charge on any atom is 0.277 e. The van der Waals surface area contributed by atoms with Crippen molar-refractivity contribution in [2.75, 3.05) is 37.0 Å². The van der Waals surface area contributed by atoms with E-state index in [4.69, 9.17) is 14.5 Å². The molecule has 0 saturated carbocycles. The number of anilines is 2. The lowest BCUT2D eigenvalue weighted by Crippen LogP contribution is -2.32. The maximum absolute atomic E-state index is 13.5. The topological polar surface area (TPSA) is 81.5 Å². The van der Waals surface area contributed by atoms with E-state index in [0.29, 0.717) is 30.4 Å². The third kappa shape index (κ3) is 4.71. The van der Waals surface area contributed by atoms with Crippen LogP contribution < -0.4 is 25.2 Å². The monoisotopic (exact) mass is 463 g/mol. The molecule has 0 radical (unpaired) electrons. The van der Waals surface area contributed by atoms with Gasteiger partial charge >= 0.3 is 0 Å². The SMILES string of the molecule is CCOc1ccnc(N2CCC(Nc3c(C)nc(-c4ccc(OC)cc4C)n(CC)c3=O)C2)c1. The highest BCUT2D eigenvalue weighted by atomic mass is 16.5. The summed E-state index contributed by atoms with van der Waals surface area (Å²) in [7, 11) is 1.65. The van der Waals surface area contributed by atoms with Gasteiger partial charge in [0.2, 0.25) is 0 Å². The minimum atomic E-state index is -0.0462. The molecular weight excluding hydrogens is 430 g/mol. The zero-order valence-corrected chi connectivity index (χ0v) is 20.6. The van der Waals surface area contributed by atoms with Gasteiger partial charge < -0.3 is 19.7 Å². The number of methoxy groups -OCH3 is 1. The number of ether oxygens (including phenoxy) is 2. The van der Waals surface area contributed by atoms with Gasteiger partial charge in [0.1, 0.15) is 28.8 Å². The van der Waals surface area contributed by atoms with Crippen molar-refractivity contribution in [2.45, 2.75) is 46.7 Å². The number of aromatic nitrogens is 3. The quantitative estimate of drug-likeness (QED) is 0.540. The Labute approximate surface area is 200 Å². The molecule has 8 nitrogen and oxygen atoms in total. The van der Waals surface area contributed by atoms with Crippen LogP contribution in [0, 0.1) is 13.8 Å². The maximum atomic E-state index is 13.5. The molecule has 0 amide bonds. The number of rotatable bonds is 8. The standard InChI is InChI=1S/C26H33N5O3/c1-6-31-25(22-9-8-20(33-5)14-17(22)3)28-18(4)24(26(31)32)29-19-11-13-30(16-19)23-15-21(34-7-2)10-12-27-23/h8-10,12,14-15,19,29H,6-7,11,13,16H2,1-5H3. The van der Waals surface area contributed by atoms with Crippen LogP contribution in [0.15, 0.2) is 41.3 Å². The summed E-state index contributed by atoms with van der Waals surface area (Å²) in [6.07, 6.45) is 2.68. The van der Waals surface area contributed by atoms with Crippen LogP contribution >= 0.6 is 0 Å². The lowest BCUT2D eigenvalue weighted by atomic mass is 10.1. The number of pyridine rings is 1. The molecular formula is C26H33N5O3. The van der Waals surface area contributed by atoms with Crippen molar-refractivity contribution in [1.82, 2.24) is 14.5 Å². The molecule has 0 aliphatic carbocycles. The number of nitrogens with one attached hydrogen (secondary N) is 1. The van der Waals surface area contributed by atoms with Crippen LogP contribution in [0.1, 0.15) is 31.5 Å². The van der Waals surface area contributed by atoms with E-state index in [1.54, 1.807) is 17.9 Å². The molecule has 0 spiro atoms. The second-order valence-electron chi connectivity index (χ2n) is 8.48. The first kappa shape index (κ1) is 23.6. The molecule has 3 aromatic rings. The van der Waals surface area contributed by atoms with E-state index in [0.717, 1.165) is 48.0 Å². The molecule has 0 bridgehead atoms. The molecule has 1 aliphatic heterocycles. The number of aryl methyl sites for hydroxylation is 2. The molecule has 3 heterocycles. The van der Waals surface area contributed by atoms with Crippen LogP contribution in [-0.4, -0.2) is 47.4 Å². The number of benzene rings is 1. The summed E-state index contributed by atoms with van der Waals surface area (Å²) < 4.78 is 12.7. The fourth-order valence-corrected chi connectivity index (χ4v) is 4.46. The van der Waals surface area contributed by atoms with Gasteiger partial charge in [-0.05, 0) is 63.9 Å². The summed E-state index contributed by atoms with van der Waals surface area (Å²) in [5.41, 5.74) is 3.17. The van der Waals surface area contributed by atoms with E-state index in [9.17, 15) is 4.79 Å². The first-order valence-corrected chi connectivity index (χ1v) is 11.8. The summed E-state index contributed by atoms with van der Waals surface area (Å²) in [5.74, 6) is 3.18. The smallest absolute Gasteiger partial charge is 0.277 e. The van der Waals surface area contributed by atoms with Gasteiger partial charge in [-0.25, -0.2) is 9.97 Å². The van der Waals surface area contributed by atoms with Crippen LogP contribution in [0.5, 0.6) is 11.5 Å². The van der Waals surface area contributed by atoms with Crippen LogP contribution in [0.25, 0.3) is 11.4 Å². The van der Waals surface area contributed by atoms with Crippen LogP contribution in [0.2, 0.25) is 0 Å². The van der Waals surface area contributed by atoms with Gasteiger partial charge in [-0.15, -0.1) is 0 Å². The first-order chi connectivity index (χ1) is 16.4. The highest BCUT2D eigenvalue weighted by molar-refractivity contribution is 5.64. The largest absolute Gasteiger partial charge is 0.497 e. The third-order valence-corrected chi connectivity index (χ3v) is 6.23. The molecule has 34 heavy (non-hydrogen) atoms. The fourth-order valence-electron chi connectivity index (χ4n) is 4.46. The zero-order chi connectivity index (χ0) is 24.2. The highest BCUT2D eigenvalue weighted by Gasteiger charge is 2.26. The second kappa shape index (κ2) is 10.2. The fraction of sp³-hybridized carbons (Fsp3) is 0.423. The molecule has 1 aromatic carbocycles. The Hall–Kier alpha value is -3.55. The van der Waals surface area contributed by atoms with E-state index in [2.05, 4.69) is 15.2 Å². The van der Waals surface area contributed by atoms with Gasteiger partial charge in [0.15, 0.2) is 0 Å². The first-order valence-electron chi connectivity index (χ1n) is 11.8. The molecule has 1 atom stereocenters. The summed E-state index contributed by atoms with van der Waals surface area (Å²) in [5, 5.41) is 3.49. The summed E-state index contributed by atoms with van der Waals surface area (Å²) in [4.78, 5) is 25.1. The Morgan fingerprint density at radius 2 is 1.97 bits per heavy atom. The Kier molecular flexibility index (Phi) is 7.05. The van der Waals surface area contributed by atoms with E-state index in [1.165, 1.54) is 0 Å². The highest BCUT2D eigenvalue weighted by Crippen LogP contribution is 2.27. The number of nitrogens with zero attached hydrogens (tertiary/aromatic N) is 4. The van der Waals surface area contributed by atoms with Crippen molar-refractivity contribution in [3.8, 4) is 22.9 Å². The molecule has 1 fully saturated rings. The molecule has 2 aromatic heterocycles. The Morgan fingerprint density at radius 3 is 2.68 bits per heavy atom. The summed E-state index contributed by atoms with van der Waals surface area (Å²) >= 11 is 0. The average molecular weight is 464 g/mol. The molecule has 1 saturated heterocycles. The van der Waals surface area contributed by atoms with Crippen molar-refractivity contribution in [2.24, 2.45) is 0 Å². The van der Waals surface area contributed by atoms with Gasteiger partial charge in [-0.1, -0.05) is 0 Å². The Bertz CT molecular complexity index is 1220. The summed E-state index contributed by atoms with van der Waals surface area (Å²) in [6.45, 7) is 10.6.